The Morgan fingerprint density at radius 1 is 1.31 bits per heavy atom. The third kappa shape index (κ3) is 3.88. The molecular formula is C17H18N4O3S2. The molecule has 1 aliphatic heterocycles. The van der Waals surface area contributed by atoms with Gasteiger partial charge < -0.3 is 9.47 Å². The number of nitrogens with zero attached hydrogens (tertiary/aromatic N) is 4. The summed E-state index contributed by atoms with van der Waals surface area (Å²) in [6, 6.07) is 5.56. The summed E-state index contributed by atoms with van der Waals surface area (Å²) >= 11 is 2.69. The molecule has 26 heavy (non-hydrogen) atoms. The van der Waals surface area contributed by atoms with Crippen LogP contribution in [0.1, 0.15) is 17.5 Å². The number of carbonyl (C=O) groups excluding carboxylic acids is 1. The highest BCUT2D eigenvalue weighted by molar-refractivity contribution is 8.18. The van der Waals surface area contributed by atoms with E-state index in [4.69, 9.17) is 9.47 Å². The fourth-order valence-electron chi connectivity index (χ4n) is 2.26. The number of hydrogen-bond acceptors (Lipinski definition) is 8. The van der Waals surface area contributed by atoms with Gasteiger partial charge in [0.2, 0.25) is 5.13 Å². The van der Waals surface area contributed by atoms with Crippen molar-refractivity contribution in [3.63, 3.8) is 0 Å². The van der Waals surface area contributed by atoms with Gasteiger partial charge in [-0.15, -0.1) is 10.2 Å². The molecule has 0 N–H and O–H groups in total. The minimum Gasteiger partial charge on any atom is -0.493 e. The van der Waals surface area contributed by atoms with Crippen molar-refractivity contribution in [1.82, 2.24) is 15.1 Å². The molecule has 3 rings (SSSR count). The van der Waals surface area contributed by atoms with Crippen molar-refractivity contribution in [2.24, 2.45) is 4.99 Å². The number of aryl methyl sites for hydroxylation is 1. The average molecular weight is 390 g/mol. The number of ether oxygens (including phenoxy) is 2. The first kappa shape index (κ1) is 18.4. The minimum atomic E-state index is -0.108. The summed E-state index contributed by atoms with van der Waals surface area (Å²) in [5.41, 5.74) is 0.850. The van der Waals surface area contributed by atoms with Crippen LogP contribution in [0, 0.1) is 6.92 Å². The molecule has 1 aliphatic rings. The van der Waals surface area contributed by atoms with Crippen LogP contribution in [0.3, 0.4) is 0 Å². The molecular weight excluding hydrogens is 372 g/mol. The quantitative estimate of drug-likeness (QED) is 0.728. The van der Waals surface area contributed by atoms with Gasteiger partial charge in [0.25, 0.3) is 5.91 Å². The first-order valence-electron chi connectivity index (χ1n) is 7.89. The third-order valence-electron chi connectivity index (χ3n) is 3.50. The molecule has 1 saturated heterocycles. The van der Waals surface area contributed by atoms with Gasteiger partial charge in [0.05, 0.1) is 18.6 Å². The van der Waals surface area contributed by atoms with Crippen LogP contribution in [0.4, 0.5) is 5.13 Å². The summed E-state index contributed by atoms with van der Waals surface area (Å²) in [6.45, 7) is 4.34. The first-order valence-corrected chi connectivity index (χ1v) is 9.52. The maximum absolute atomic E-state index is 12.5. The molecule has 1 amide bonds. The topological polar surface area (TPSA) is 76.9 Å². The van der Waals surface area contributed by atoms with E-state index in [1.165, 1.54) is 28.0 Å². The number of hydrogen-bond donors (Lipinski definition) is 0. The number of methoxy groups -OCH3 is 1. The maximum Gasteiger partial charge on any atom is 0.266 e. The van der Waals surface area contributed by atoms with Crippen molar-refractivity contribution < 1.29 is 14.3 Å². The van der Waals surface area contributed by atoms with Gasteiger partial charge in [-0.3, -0.25) is 9.69 Å². The number of carbonyl (C=O) groups is 1. The lowest BCUT2D eigenvalue weighted by Crippen LogP contribution is -2.23. The van der Waals surface area contributed by atoms with Crippen molar-refractivity contribution in [3.8, 4) is 11.5 Å². The van der Waals surface area contributed by atoms with E-state index in [0.717, 1.165) is 10.6 Å². The van der Waals surface area contributed by atoms with E-state index >= 15 is 0 Å². The van der Waals surface area contributed by atoms with Gasteiger partial charge in [-0.2, -0.15) is 4.99 Å². The highest BCUT2D eigenvalue weighted by Gasteiger charge is 2.30. The molecule has 1 fully saturated rings. The summed E-state index contributed by atoms with van der Waals surface area (Å²) in [4.78, 5) is 19.0. The summed E-state index contributed by atoms with van der Waals surface area (Å²) in [5, 5.41) is 9.86. The molecule has 0 spiro atoms. The Labute approximate surface area is 159 Å². The summed E-state index contributed by atoms with van der Waals surface area (Å²) in [6.07, 6.45) is 1.82. The van der Waals surface area contributed by atoms with Crippen LogP contribution in [-0.2, 0) is 4.79 Å². The van der Waals surface area contributed by atoms with Crippen LogP contribution in [-0.4, -0.2) is 46.9 Å². The molecule has 0 aliphatic carbocycles. The van der Waals surface area contributed by atoms with Gasteiger partial charge in [0, 0.05) is 7.05 Å². The van der Waals surface area contributed by atoms with Crippen molar-refractivity contribution in [2.75, 3.05) is 20.8 Å². The molecule has 0 atom stereocenters. The van der Waals surface area contributed by atoms with Crippen LogP contribution >= 0.6 is 23.1 Å². The number of aromatic nitrogens is 2. The van der Waals surface area contributed by atoms with Crippen LogP contribution in [0.2, 0.25) is 0 Å². The van der Waals surface area contributed by atoms with Crippen molar-refractivity contribution >= 4 is 45.4 Å². The molecule has 0 unspecified atom stereocenters. The summed E-state index contributed by atoms with van der Waals surface area (Å²) in [5.74, 6) is 1.19. The molecule has 2 heterocycles. The number of benzene rings is 1. The van der Waals surface area contributed by atoms with Gasteiger partial charge >= 0.3 is 0 Å². The predicted molar refractivity (Wildman–Crippen MR) is 104 cm³/mol. The third-order valence-corrected chi connectivity index (χ3v) is 5.29. The lowest BCUT2D eigenvalue weighted by molar-refractivity contribution is -0.121. The van der Waals surface area contributed by atoms with E-state index in [1.54, 1.807) is 14.2 Å². The Morgan fingerprint density at radius 3 is 2.77 bits per heavy atom. The van der Waals surface area contributed by atoms with Gasteiger partial charge in [-0.05, 0) is 49.4 Å². The predicted octanol–water partition coefficient (Wildman–Crippen LogP) is 3.49. The molecule has 2 aromatic rings. The smallest absolute Gasteiger partial charge is 0.266 e. The molecule has 0 bridgehead atoms. The van der Waals surface area contributed by atoms with E-state index in [2.05, 4.69) is 15.2 Å². The molecule has 0 saturated carbocycles. The number of thioether (sulfide) groups is 1. The number of rotatable bonds is 5. The Kier molecular flexibility index (Phi) is 5.58. The van der Waals surface area contributed by atoms with Gasteiger partial charge in [0.15, 0.2) is 16.7 Å². The zero-order valence-electron chi connectivity index (χ0n) is 14.8. The molecule has 7 nitrogen and oxygen atoms in total. The number of amidine groups is 1. The Hall–Kier alpha value is -2.39. The van der Waals surface area contributed by atoms with Crippen LogP contribution < -0.4 is 9.47 Å². The second-order valence-corrected chi connectivity index (χ2v) is 7.49. The zero-order valence-corrected chi connectivity index (χ0v) is 16.5. The van der Waals surface area contributed by atoms with E-state index in [9.17, 15) is 4.79 Å². The molecule has 1 aromatic heterocycles. The molecule has 0 radical (unpaired) electrons. The summed E-state index contributed by atoms with van der Waals surface area (Å²) in [7, 11) is 3.29. The Bertz CT molecular complexity index is 892. The maximum atomic E-state index is 12.5. The monoisotopic (exact) mass is 390 g/mol. The first-order chi connectivity index (χ1) is 12.5. The van der Waals surface area contributed by atoms with Crippen molar-refractivity contribution in [3.05, 3.63) is 33.7 Å². The molecule has 1 aromatic carbocycles. The Morgan fingerprint density at radius 2 is 2.12 bits per heavy atom. The molecule has 9 heteroatoms. The van der Waals surface area contributed by atoms with Gasteiger partial charge in [0.1, 0.15) is 5.01 Å². The largest absolute Gasteiger partial charge is 0.493 e. The minimum absolute atomic E-state index is 0.108. The van der Waals surface area contributed by atoms with Gasteiger partial charge in [-0.25, -0.2) is 0 Å². The van der Waals surface area contributed by atoms with Crippen molar-refractivity contribution in [1.29, 1.82) is 0 Å². The number of likely N-dealkylation sites (N-methyl/N-ethyl adjacent to an activating group) is 1. The Balaban J connectivity index is 1.87. The van der Waals surface area contributed by atoms with Crippen LogP contribution in [0.5, 0.6) is 11.5 Å². The number of aliphatic imine (C=N–C) groups is 1. The zero-order chi connectivity index (χ0) is 18.7. The van der Waals surface area contributed by atoms with Gasteiger partial charge in [-0.1, -0.05) is 17.4 Å². The SMILES string of the molecule is CCOc1ccc(/C=C2\S/C(=N/c3nnc(C)s3)N(C)C2=O)cc1OC. The normalized spacial score (nSPS) is 17.4. The number of amides is 1. The average Bonchev–Trinajstić information content (AvgIpc) is 3.15. The highest BCUT2D eigenvalue weighted by atomic mass is 32.2. The lowest BCUT2D eigenvalue weighted by atomic mass is 10.2. The lowest BCUT2D eigenvalue weighted by Gasteiger charge is -2.09. The van der Waals surface area contributed by atoms with Crippen LogP contribution in [0.25, 0.3) is 6.08 Å². The fraction of sp³-hybridized carbons (Fsp3) is 0.294. The standard InChI is InChI=1S/C17H18N4O3S2/c1-5-24-12-7-6-11(8-13(12)23-4)9-14-15(22)21(3)17(26-14)18-16-20-19-10(2)25-16/h6-9H,5H2,1-4H3/b14-9-,18-17+. The second-order valence-electron chi connectivity index (χ2n) is 5.32. The van der Waals surface area contributed by atoms with Crippen LogP contribution in [0.15, 0.2) is 28.1 Å². The van der Waals surface area contributed by atoms with E-state index in [0.29, 0.717) is 33.3 Å². The van der Waals surface area contributed by atoms with E-state index in [1.807, 2.05) is 38.1 Å². The highest BCUT2D eigenvalue weighted by Crippen LogP contribution is 2.35. The van der Waals surface area contributed by atoms with E-state index < -0.39 is 0 Å². The van der Waals surface area contributed by atoms with Crippen molar-refractivity contribution in [2.45, 2.75) is 13.8 Å². The van der Waals surface area contributed by atoms with E-state index in [-0.39, 0.29) is 5.91 Å². The molecule has 136 valence electrons. The fourth-order valence-corrected chi connectivity index (χ4v) is 3.85. The summed E-state index contributed by atoms with van der Waals surface area (Å²) < 4.78 is 10.9. The second kappa shape index (κ2) is 7.88.